The highest BCUT2D eigenvalue weighted by molar-refractivity contribution is 5.91. The molecule has 1 nitrogen and oxygen atoms in total. The van der Waals surface area contributed by atoms with Crippen molar-refractivity contribution in [2.75, 3.05) is 12.4 Å². The van der Waals surface area contributed by atoms with Crippen molar-refractivity contribution in [2.24, 2.45) is 0 Å². The molecular weight excluding hydrogens is 254 g/mol. The largest absolute Gasteiger partial charge is 0.388 e. The molecule has 0 amide bonds. The Labute approximate surface area is 126 Å². The van der Waals surface area contributed by atoms with Crippen molar-refractivity contribution in [3.05, 3.63) is 76.9 Å². The highest BCUT2D eigenvalue weighted by Crippen LogP contribution is 2.42. The van der Waals surface area contributed by atoms with E-state index in [1.54, 1.807) is 5.57 Å². The third-order valence-electron chi connectivity index (χ3n) is 4.65. The maximum atomic E-state index is 3.18. The van der Waals surface area contributed by atoms with Crippen LogP contribution in [0.15, 0.2) is 60.2 Å². The average molecular weight is 273 g/mol. The monoisotopic (exact) mass is 273 g/mol. The van der Waals surface area contributed by atoms with Gasteiger partial charge in [0.1, 0.15) is 0 Å². The van der Waals surface area contributed by atoms with Crippen LogP contribution in [-0.2, 0) is 6.42 Å². The van der Waals surface area contributed by atoms with Gasteiger partial charge in [-0.2, -0.15) is 0 Å². The van der Waals surface area contributed by atoms with Crippen molar-refractivity contribution in [3.63, 3.8) is 0 Å². The average Bonchev–Trinajstić information content (AvgIpc) is 2.93. The number of anilines is 1. The molecule has 0 aliphatic heterocycles. The molecule has 0 bridgehead atoms. The van der Waals surface area contributed by atoms with Crippen LogP contribution in [-0.4, -0.2) is 7.05 Å². The van der Waals surface area contributed by atoms with Crippen LogP contribution in [0.2, 0.25) is 0 Å². The maximum Gasteiger partial charge on any atom is 0.0337 e. The van der Waals surface area contributed by atoms with Gasteiger partial charge in [-0.15, -0.1) is 0 Å². The number of nitrogens with one attached hydrogen (secondary N) is 1. The third-order valence-corrected chi connectivity index (χ3v) is 4.65. The third kappa shape index (κ3) is 2.09. The molecule has 1 heteroatoms. The number of allylic oxidation sites excluding steroid dienone is 4. The summed E-state index contributed by atoms with van der Waals surface area (Å²) in [5.41, 5.74) is 10.0. The molecule has 0 radical (unpaired) electrons. The highest BCUT2D eigenvalue weighted by Gasteiger charge is 2.23. The summed E-state index contributed by atoms with van der Waals surface area (Å²) >= 11 is 0. The lowest BCUT2D eigenvalue weighted by Crippen LogP contribution is -1.96. The molecule has 0 aromatic heterocycles. The lowest BCUT2D eigenvalue weighted by atomic mass is 9.89. The Morgan fingerprint density at radius 3 is 2.52 bits per heavy atom. The second kappa shape index (κ2) is 4.92. The number of benzene rings is 2. The highest BCUT2D eigenvalue weighted by atomic mass is 14.8. The first kappa shape index (κ1) is 12.5. The first-order chi connectivity index (χ1) is 10.3. The second-order valence-corrected chi connectivity index (χ2v) is 5.85. The Hall–Kier alpha value is -2.28. The lowest BCUT2D eigenvalue weighted by molar-refractivity contribution is 0.948. The molecule has 2 aliphatic rings. The molecule has 2 aromatic carbocycles. The van der Waals surface area contributed by atoms with Crippen LogP contribution in [0, 0.1) is 0 Å². The van der Waals surface area contributed by atoms with Crippen LogP contribution < -0.4 is 5.32 Å². The fourth-order valence-corrected chi connectivity index (χ4v) is 3.47. The molecule has 2 aliphatic carbocycles. The van der Waals surface area contributed by atoms with Crippen LogP contribution in [0.5, 0.6) is 0 Å². The number of rotatable bonds is 2. The summed E-state index contributed by atoms with van der Waals surface area (Å²) < 4.78 is 0. The van der Waals surface area contributed by atoms with Gasteiger partial charge in [0, 0.05) is 12.7 Å². The summed E-state index contributed by atoms with van der Waals surface area (Å²) in [5, 5.41) is 3.18. The first-order valence-corrected chi connectivity index (χ1v) is 7.64. The number of hydrogen-bond donors (Lipinski definition) is 1. The van der Waals surface area contributed by atoms with E-state index in [0.29, 0.717) is 0 Å². The van der Waals surface area contributed by atoms with E-state index in [2.05, 4.69) is 59.9 Å². The summed E-state index contributed by atoms with van der Waals surface area (Å²) in [4.78, 5) is 0. The Morgan fingerprint density at radius 1 is 0.905 bits per heavy atom. The van der Waals surface area contributed by atoms with Crippen LogP contribution in [0.3, 0.4) is 0 Å². The Bertz CT molecular complexity index is 748. The summed E-state index contributed by atoms with van der Waals surface area (Å²) in [5.74, 6) is 0. The fourth-order valence-electron chi connectivity index (χ4n) is 3.47. The van der Waals surface area contributed by atoms with Gasteiger partial charge in [0.05, 0.1) is 0 Å². The topological polar surface area (TPSA) is 12.0 Å². The standard InChI is InChI=1S/C20H19N/c1-21-18-10-8-14(9-11-18)15-6-7-17-12-16-4-2-3-5-19(16)20(17)13-15/h2-5,8-11,13,21H,6-7,12H2,1H3. The predicted molar refractivity (Wildman–Crippen MR) is 90.3 cm³/mol. The van der Waals surface area contributed by atoms with Crippen molar-refractivity contribution >= 4 is 16.8 Å². The molecule has 0 saturated heterocycles. The van der Waals surface area contributed by atoms with Gasteiger partial charge in [0.2, 0.25) is 0 Å². The van der Waals surface area contributed by atoms with E-state index in [0.717, 1.165) is 12.8 Å². The zero-order valence-corrected chi connectivity index (χ0v) is 12.3. The van der Waals surface area contributed by atoms with Crippen molar-refractivity contribution in [3.8, 4) is 0 Å². The second-order valence-electron chi connectivity index (χ2n) is 5.85. The Morgan fingerprint density at radius 2 is 1.71 bits per heavy atom. The summed E-state index contributed by atoms with van der Waals surface area (Å²) in [6.45, 7) is 0. The maximum absolute atomic E-state index is 3.18. The van der Waals surface area contributed by atoms with Crippen molar-refractivity contribution < 1.29 is 0 Å². The van der Waals surface area contributed by atoms with Crippen molar-refractivity contribution in [1.29, 1.82) is 0 Å². The molecule has 2 aromatic rings. The number of hydrogen-bond acceptors (Lipinski definition) is 1. The summed E-state index contributed by atoms with van der Waals surface area (Å²) in [6, 6.07) is 17.6. The summed E-state index contributed by atoms with van der Waals surface area (Å²) in [6.07, 6.45) is 5.92. The van der Waals surface area contributed by atoms with Gasteiger partial charge in [0.15, 0.2) is 0 Å². The van der Waals surface area contributed by atoms with Crippen LogP contribution >= 0.6 is 0 Å². The van der Waals surface area contributed by atoms with Gasteiger partial charge in [-0.25, -0.2) is 0 Å². The molecule has 1 N–H and O–H groups in total. The van der Waals surface area contributed by atoms with Crippen LogP contribution in [0.1, 0.15) is 29.5 Å². The van der Waals surface area contributed by atoms with E-state index in [1.165, 1.54) is 39.9 Å². The molecule has 0 saturated carbocycles. The lowest BCUT2D eigenvalue weighted by Gasteiger charge is -2.16. The quantitative estimate of drug-likeness (QED) is 0.819. The van der Waals surface area contributed by atoms with Crippen molar-refractivity contribution in [1.82, 2.24) is 0 Å². The zero-order chi connectivity index (χ0) is 14.2. The molecule has 0 spiro atoms. The van der Waals surface area contributed by atoms with Gasteiger partial charge >= 0.3 is 0 Å². The summed E-state index contributed by atoms with van der Waals surface area (Å²) in [7, 11) is 1.96. The molecule has 21 heavy (non-hydrogen) atoms. The van der Waals surface area contributed by atoms with Crippen LogP contribution in [0.25, 0.3) is 11.1 Å². The molecular formula is C20H19N. The van der Waals surface area contributed by atoms with Gasteiger partial charge in [0.25, 0.3) is 0 Å². The minimum Gasteiger partial charge on any atom is -0.388 e. The Kier molecular flexibility index (Phi) is 2.92. The molecule has 4 rings (SSSR count). The Balaban J connectivity index is 1.72. The molecule has 0 unspecified atom stereocenters. The van der Waals surface area contributed by atoms with Gasteiger partial charge < -0.3 is 5.32 Å². The minimum absolute atomic E-state index is 1.15. The number of fused-ring (bicyclic) bond motifs is 2. The molecule has 0 heterocycles. The van der Waals surface area contributed by atoms with E-state index in [-0.39, 0.29) is 0 Å². The van der Waals surface area contributed by atoms with Gasteiger partial charge in [-0.1, -0.05) is 48.0 Å². The first-order valence-electron chi connectivity index (χ1n) is 7.64. The van der Waals surface area contributed by atoms with E-state index in [4.69, 9.17) is 0 Å². The minimum atomic E-state index is 1.15. The SMILES string of the molecule is CNc1ccc(C2=CC3=C(CC2)Cc2ccccc23)cc1. The smallest absolute Gasteiger partial charge is 0.0337 e. The van der Waals surface area contributed by atoms with E-state index in [1.807, 2.05) is 7.05 Å². The fraction of sp³-hybridized carbons (Fsp3) is 0.200. The van der Waals surface area contributed by atoms with Crippen molar-refractivity contribution in [2.45, 2.75) is 19.3 Å². The van der Waals surface area contributed by atoms with Gasteiger partial charge in [-0.05, 0) is 59.2 Å². The molecule has 0 atom stereocenters. The zero-order valence-electron chi connectivity index (χ0n) is 12.3. The van der Waals surface area contributed by atoms with E-state index < -0.39 is 0 Å². The predicted octanol–water partition coefficient (Wildman–Crippen LogP) is 4.92. The van der Waals surface area contributed by atoms with Crippen LogP contribution in [0.4, 0.5) is 5.69 Å². The van der Waals surface area contributed by atoms with E-state index in [9.17, 15) is 0 Å². The molecule has 104 valence electrons. The normalized spacial score (nSPS) is 16.3. The molecule has 0 fully saturated rings. The van der Waals surface area contributed by atoms with E-state index >= 15 is 0 Å². The van der Waals surface area contributed by atoms with Gasteiger partial charge in [-0.3, -0.25) is 0 Å².